The summed E-state index contributed by atoms with van der Waals surface area (Å²) < 4.78 is 0. The monoisotopic (exact) mass is 297 g/mol. The van der Waals surface area contributed by atoms with E-state index < -0.39 is 0 Å². The number of fused-ring (bicyclic) bond motifs is 3. The molecule has 0 saturated heterocycles. The van der Waals surface area contributed by atoms with E-state index in [0.717, 1.165) is 5.69 Å². The Morgan fingerprint density at radius 2 is 2.27 bits per heavy atom. The van der Waals surface area contributed by atoms with Crippen LogP contribution in [-0.2, 0) is 11.8 Å². The molecule has 0 heterocycles. The van der Waals surface area contributed by atoms with Crippen LogP contribution in [0.5, 0.6) is 0 Å². The molecule has 0 aromatic heterocycles. The second-order valence-corrected chi connectivity index (χ2v) is 7.11. The van der Waals surface area contributed by atoms with Crippen LogP contribution in [0, 0.1) is 11.8 Å². The molecule has 22 heavy (non-hydrogen) atoms. The highest BCUT2D eigenvalue weighted by Crippen LogP contribution is 2.52. The lowest BCUT2D eigenvalue weighted by atomic mass is 9.55. The molecule has 0 spiro atoms. The fourth-order valence-electron chi connectivity index (χ4n) is 4.67. The van der Waals surface area contributed by atoms with Gasteiger partial charge in [0.1, 0.15) is 0 Å². The first-order chi connectivity index (χ1) is 10.6. The standard InChI is InChI=1S/C20H27NO/c1-4-15-6-5-11-20(3)18(15)10-8-16-7-9-17(12-19(16)20)21-14(2)13-22/h4,7,9,12,15,18,21-22H,1-2,5-6,8,10-11,13H2,3H3. The van der Waals surface area contributed by atoms with Gasteiger partial charge >= 0.3 is 0 Å². The van der Waals surface area contributed by atoms with Gasteiger partial charge in [-0.15, -0.1) is 6.58 Å². The van der Waals surface area contributed by atoms with Crippen LogP contribution < -0.4 is 5.32 Å². The van der Waals surface area contributed by atoms with Gasteiger partial charge in [-0.1, -0.05) is 32.1 Å². The number of allylic oxidation sites excluding steroid dienone is 1. The SMILES string of the molecule is C=CC1CCCC2(C)c3cc(NC(=C)CO)ccc3CCC12. The highest BCUT2D eigenvalue weighted by Gasteiger charge is 2.45. The molecule has 3 atom stereocenters. The Morgan fingerprint density at radius 3 is 3.00 bits per heavy atom. The van der Waals surface area contributed by atoms with Gasteiger partial charge in [0, 0.05) is 11.4 Å². The van der Waals surface area contributed by atoms with Crippen molar-refractivity contribution in [1.82, 2.24) is 0 Å². The fourth-order valence-corrected chi connectivity index (χ4v) is 4.67. The zero-order valence-corrected chi connectivity index (χ0v) is 13.6. The molecule has 0 amide bonds. The predicted octanol–water partition coefficient (Wildman–Crippen LogP) is 4.41. The van der Waals surface area contributed by atoms with Crippen LogP contribution in [0.4, 0.5) is 5.69 Å². The Balaban J connectivity index is 1.98. The van der Waals surface area contributed by atoms with Crippen LogP contribution in [0.2, 0.25) is 0 Å². The lowest BCUT2D eigenvalue weighted by Crippen LogP contribution is -2.43. The van der Waals surface area contributed by atoms with Crippen molar-refractivity contribution < 1.29 is 5.11 Å². The number of rotatable bonds is 4. The number of hydrogen-bond donors (Lipinski definition) is 2. The molecule has 2 heteroatoms. The Morgan fingerprint density at radius 1 is 1.45 bits per heavy atom. The molecule has 118 valence electrons. The van der Waals surface area contributed by atoms with Gasteiger partial charge < -0.3 is 10.4 Å². The van der Waals surface area contributed by atoms with Crippen LogP contribution in [0.15, 0.2) is 43.1 Å². The third kappa shape index (κ3) is 2.50. The summed E-state index contributed by atoms with van der Waals surface area (Å²) in [7, 11) is 0. The molecule has 0 radical (unpaired) electrons. The van der Waals surface area contributed by atoms with Gasteiger partial charge in [-0.05, 0) is 66.2 Å². The van der Waals surface area contributed by atoms with Crippen LogP contribution in [-0.4, -0.2) is 11.7 Å². The molecule has 0 aliphatic heterocycles. The van der Waals surface area contributed by atoms with E-state index in [0.29, 0.717) is 17.5 Å². The maximum atomic E-state index is 9.17. The normalized spacial score (nSPS) is 30.1. The first kappa shape index (κ1) is 15.4. The summed E-state index contributed by atoms with van der Waals surface area (Å²) in [5, 5.41) is 12.4. The summed E-state index contributed by atoms with van der Waals surface area (Å²) in [5.41, 5.74) is 4.92. The second kappa shape index (κ2) is 5.92. The molecule has 2 N–H and O–H groups in total. The minimum Gasteiger partial charge on any atom is -0.390 e. The smallest absolute Gasteiger partial charge is 0.0824 e. The van der Waals surface area contributed by atoms with E-state index in [1.807, 2.05) is 0 Å². The molecule has 3 unspecified atom stereocenters. The zero-order valence-electron chi connectivity index (χ0n) is 13.6. The Bertz CT molecular complexity index is 591. The van der Waals surface area contributed by atoms with Crippen molar-refractivity contribution in [3.63, 3.8) is 0 Å². The van der Waals surface area contributed by atoms with Crippen molar-refractivity contribution in [2.75, 3.05) is 11.9 Å². The first-order valence-electron chi connectivity index (χ1n) is 8.40. The van der Waals surface area contributed by atoms with Crippen LogP contribution in [0.1, 0.15) is 43.7 Å². The molecular formula is C20H27NO. The number of aliphatic hydroxyl groups is 1. The number of benzene rings is 1. The molecule has 2 aliphatic carbocycles. The van der Waals surface area contributed by atoms with Crippen LogP contribution >= 0.6 is 0 Å². The second-order valence-electron chi connectivity index (χ2n) is 7.11. The Hall–Kier alpha value is -1.54. The predicted molar refractivity (Wildman–Crippen MR) is 93.0 cm³/mol. The van der Waals surface area contributed by atoms with Crippen molar-refractivity contribution in [1.29, 1.82) is 0 Å². The highest BCUT2D eigenvalue weighted by molar-refractivity contribution is 5.55. The molecule has 1 fully saturated rings. The number of hydrogen-bond acceptors (Lipinski definition) is 2. The van der Waals surface area contributed by atoms with Crippen molar-refractivity contribution in [3.8, 4) is 0 Å². The third-order valence-electron chi connectivity index (χ3n) is 5.83. The number of anilines is 1. The molecular weight excluding hydrogens is 270 g/mol. The number of aryl methyl sites for hydroxylation is 1. The maximum absolute atomic E-state index is 9.17. The molecule has 0 bridgehead atoms. The zero-order chi connectivity index (χ0) is 15.7. The van der Waals surface area contributed by atoms with E-state index in [1.165, 1.54) is 43.2 Å². The minimum atomic E-state index is -0.0322. The van der Waals surface area contributed by atoms with E-state index in [1.54, 1.807) is 0 Å². The van der Waals surface area contributed by atoms with Crippen molar-refractivity contribution in [3.05, 3.63) is 54.3 Å². The van der Waals surface area contributed by atoms with Crippen LogP contribution in [0.25, 0.3) is 0 Å². The van der Waals surface area contributed by atoms with Gasteiger partial charge in [0.2, 0.25) is 0 Å². The van der Waals surface area contributed by atoms with Gasteiger partial charge in [0.15, 0.2) is 0 Å². The van der Waals surface area contributed by atoms with Crippen molar-refractivity contribution >= 4 is 5.69 Å². The molecule has 1 aromatic rings. The molecule has 1 saturated carbocycles. The fraction of sp³-hybridized carbons (Fsp3) is 0.500. The third-order valence-corrected chi connectivity index (χ3v) is 5.83. The summed E-state index contributed by atoms with van der Waals surface area (Å²) in [4.78, 5) is 0. The summed E-state index contributed by atoms with van der Waals surface area (Å²) in [6.07, 6.45) is 8.46. The van der Waals surface area contributed by atoms with Gasteiger partial charge in [-0.25, -0.2) is 0 Å². The average molecular weight is 297 g/mol. The van der Waals surface area contributed by atoms with Crippen molar-refractivity contribution in [2.45, 2.75) is 44.4 Å². The van der Waals surface area contributed by atoms with Gasteiger partial charge in [0.05, 0.1) is 6.61 Å². The number of aliphatic hydroxyl groups excluding tert-OH is 1. The van der Waals surface area contributed by atoms with Crippen LogP contribution in [0.3, 0.4) is 0 Å². The summed E-state index contributed by atoms with van der Waals surface area (Å²) in [5.74, 6) is 1.36. The van der Waals surface area contributed by atoms with E-state index in [4.69, 9.17) is 5.11 Å². The quantitative estimate of drug-likeness (QED) is 0.807. The largest absolute Gasteiger partial charge is 0.390 e. The molecule has 2 nitrogen and oxygen atoms in total. The van der Waals surface area contributed by atoms with Crippen molar-refractivity contribution in [2.24, 2.45) is 11.8 Å². The van der Waals surface area contributed by atoms with Gasteiger partial charge in [-0.3, -0.25) is 0 Å². The lowest BCUT2D eigenvalue weighted by molar-refractivity contribution is 0.134. The van der Waals surface area contributed by atoms with E-state index in [9.17, 15) is 0 Å². The van der Waals surface area contributed by atoms with E-state index >= 15 is 0 Å². The minimum absolute atomic E-state index is 0.0322. The lowest BCUT2D eigenvalue weighted by Gasteiger charge is -2.50. The molecule has 3 rings (SSSR count). The summed E-state index contributed by atoms with van der Waals surface area (Å²) in [6.45, 7) is 10.3. The summed E-state index contributed by atoms with van der Waals surface area (Å²) >= 11 is 0. The molecule has 1 aromatic carbocycles. The van der Waals surface area contributed by atoms with Gasteiger partial charge in [0.25, 0.3) is 0 Å². The summed E-state index contributed by atoms with van der Waals surface area (Å²) in [6, 6.07) is 6.65. The van der Waals surface area contributed by atoms with Gasteiger partial charge in [-0.2, -0.15) is 0 Å². The Labute approximate surface area is 133 Å². The highest BCUT2D eigenvalue weighted by atomic mass is 16.3. The molecule has 2 aliphatic rings. The Kier molecular flexibility index (Phi) is 4.14. The van der Waals surface area contributed by atoms with E-state index in [2.05, 4.69) is 49.7 Å². The first-order valence-corrected chi connectivity index (χ1v) is 8.40. The maximum Gasteiger partial charge on any atom is 0.0824 e. The number of nitrogens with one attached hydrogen (secondary N) is 1. The topological polar surface area (TPSA) is 32.3 Å². The van der Waals surface area contributed by atoms with E-state index in [-0.39, 0.29) is 12.0 Å². The average Bonchev–Trinajstić information content (AvgIpc) is 2.54.